The Morgan fingerprint density at radius 1 is 1.33 bits per heavy atom. The monoisotopic (exact) mass is 131 g/mol. The van der Waals surface area contributed by atoms with Gasteiger partial charge in [0.05, 0.1) is 0 Å². The molecule has 1 heterocycles. The normalized spacial score (nSPS) is 22.7. The van der Waals surface area contributed by atoms with E-state index in [4.69, 9.17) is 5.11 Å². The molecule has 1 aliphatic rings. The van der Waals surface area contributed by atoms with E-state index >= 15 is 0 Å². The molecule has 2 nitrogen and oxygen atoms in total. The molecule has 0 aliphatic carbocycles. The summed E-state index contributed by atoms with van der Waals surface area (Å²) in [6, 6.07) is 0. The zero-order valence-corrected chi connectivity index (χ0v) is 6.57. The summed E-state index contributed by atoms with van der Waals surface area (Å²) >= 11 is 0. The van der Waals surface area contributed by atoms with Crippen molar-refractivity contribution >= 4 is 0 Å². The van der Waals surface area contributed by atoms with Crippen molar-refractivity contribution in [3.05, 3.63) is 0 Å². The van der Waals surface area contributed by atoms with Crippen LogP contribution in [0, 0.1) is 0 Å². The maximum Gasteiger partial charge on any atom is 0.0319 e. The highest BCUT2D eigenvalue weighted by molar-refractivity contribution is 4.82. The molecule has 9 heavy (non-hydrogen) atoms. The first-order valence-electron chi connectivity index (χ1n) is 3.40. The van der Waals surface area contributed by atoms with E-state index in [2.05, 4.69) is 19.2 Å². The van der Waals surface area contributed by atoms with Crippen molar-refractivity contribution in [2.24, 2.45) is 0 Å². The van der Waals surface area contributed by atoms with Gasteiger partial charge >= 0.3 is 0 Å². The lowest BCUT2D eigenvalue weighted by atomic mass is 10.0. The second-order valence-electron chi connectivity index (χ2n) is 2.91. The first-order valence-corrected chi connectivity index (χ1v) is 3.40. The molecule has 0 aromatic rings. The average Bonchev–Trinajstić information content (AvgIpc) is 2.19. The molecule has 0 amide bonds. The number of hydrogen-bond donors (Lipinski definition) is 2. The second-order valence-corrected chi connectivity index (χ2v) is 2.91. The Morgan fingerprint density at radius 2 is 1.89 bits per heavy atom. The maximum absolute atomic E-state index is 7.00. The van der Waals surface area contributed by atoms with E-state index in [0.717, 1.165) is 7.11 Å². The fourth-order valence-electron chi connectivity index (χ4n) is 1.05. The Bertz CT molecular complexity index is 63.3. The van der Waals surface area contributed by atoms with E-state index in [1.807, 2.05) is 0 Å². The molecule has 0 unspecified atom stereocenters. The molecule has 0 spiro atoms. The second kappa shape index (κ2) is 3.85. The molecule has 1 saturated heterocycles. The number of rotatable bonds is 0. The van der Waals surface area contributed by atoms with Crippen LogP contribution in [-0.2, 0) is 0 Å². The van der Waals surface area contributed by atoms with Crippen LogP contribution >= 0.6 is 0 Å². The summed E-state index contributed by atoms with van der Waals surface area (Å²) in [7, 11) is 1.00. The standard InChI is InChI=1S/C6H13N.CH4O/c1-6(2)4-3-5-7-6;1-2/h7H,3-5H2,1-2H3;2H,1H3. The van der Waals surface area contributed by atoms with Crippen LogP contribution in [0.2, 0.25) is 0 Å². The van der Waals surface area contributed by atoms with E-state index < -0.39 is 0 Å². The van der Waals surface area contributed by atoms with Crippen molar-refractivity contribution in [3.63, 3.8) is 0 Å². The molecular formula is C7H17NO. The van der Waals surface area contributed by atoms with Gasteiger partial charge < -0.3 is 10.4 Å². The molecule has 0 atom stereocenters. The highest BCUT2D eigenvalue weighted by Crippen LogP contribution is 2.15. The molecule has 0 radical (unpaired) electrons. The van der Waals surface area contributed by atoms with Crippen molar-refractivity contribution in [3.8, 4) is 0 Å². The SMILES string of the molecule is CC1(C)CCCN1.CO. The summed E-state index contributed by atoms with van der Waals surface area (Å²) in [6.45, 7) is 5.72. The Labute approximate surface area is 57.3 Å². The zero-order chi connectivity index (χ0) is 7.33. The Morgan fingerprint density at radius 3 is 2.00 bits per heavy atom. The third-order valence-electron chi connectivity index (χ3n) is 1.58. The van der Waals surface area contributed by atoms with Crippen LogP contribution in [0.15, 0.2) is 0 Å². The fraction of sp³-hybridized carbons (Fsp3) is 1.00. The summed E-state index contributed by atoms with van der Waals surface area (Å²) in [5.74, 6) is 0. The lowest BCUT2D eigenvalue weighted by Gasteiger charge is -2.15. The lowest BCUT2D eigenvalue weighted by Crippen LogP contribution is -2.31. The Balaban J connectivity index is 0.000000291. The van der Waals surface area contributed by atoms with Crippen molar-refractivity contribution < 1.29 is 5.11 Å². The average molecular weight is 131 g/mol. The Kier molecular flexibility index (Phi) is 3.82. The highest BCUT2D eigenvalue weighted by Gasteiger charge is 2.20. The summed E-state index contributed by atoms with van der Waals surface area (Å²) in [5.41, 5.74) is 0.444. The van der Waals surface area contributed by atoms with Crippen molar-refractivity contribution in [1.82, 2.24) is 5.32 Å². The van der Waals surface area contributed by atoms with E-state index in [0.29, 0.717) is 5.54 Å². The number of aliphatic hydroxyl groups excluding tert-OH is 1. The van der Waals surface area contributed by atoms with Crippen molar-refractivity contribution in [2.45, 2.75) is 32.2 Å². The molecule has 2 N–H and O–H groups in total. The molecule has 0 bridgehead atoms. The van der Waals surface area contributed by atoms with Gasteiger partial charge in [0.2, 0.25) is 0 Å². The maximum atomic E-state index is 7.00. The van der Waals surface area contributed by atoms with Gasteiger partial charge in [-0.05, 0) is 33.2 Å². The summed E-state index contributed by atoms with van der Waals surface area (Å²) < 4.78 is 0. The first kappa shape index (κ1) is 8.92. The third kappa shape index (κ3) is 3.49. The minimum absolute atomic E-state index is 0.444. The predicted octanol–water partition coefficient (Wildman–Crippen LogP) is 0.757. The van der Waals surface area contributed by atoms with Gasteiger partial charge in [-0.25, -0.2) is 0 Å². The van der Waals surface area contributed by atoms with E-state index in [1.54, 1.807) is 0 Å². The van der Waals surface area contributed by atoms with Crippen LogP contribution < -0.4 is 5.32 Å². The zero-order valence-electron chi connectivity index (χ0n) is 6.57. The van der Waals surface area contributed by atoms with E-state index in [1.165, 1.54) is 19.4 Å². The Hall–Kier alpha value is -0.0800. The van der Waals surface area contributed by atoms with Gasteiger partial charge in [-0.15, -0.1) is 0 Å². The van der Waals surface area contributed by atoms with Crippen molar-refractivity contribution in [1.29, 1.82) is 0 Å². The van der Waals surface area contributed by atoms with Crippen LogP contribution in [0.25, 0.3) is 0 Å². The fourth-order valence-corrected chi connectivity index (χ4v) is 1.05. The molecule has 56 valence electrons. The molecule has 0 aromatic heterocycles. The quantitative estimate of drug-likeness (QED) is 0.508. The molecular weight excluding hydrogens is 114 g/mol. The summed E-state index contributed by atoms with van der Waals surface area (Å²) in [5, 5.41) is 10.4. The van der Waals surface area contributed by atoms with Crippen LogP contribution in [-0.4, -0.2) is 24.3 Å². The number of nitrogens with one attached hydrogen (secondary N) is 1. The summed E-state index contributed by atoms with van der Waals surface area (Å²) in [6.07, 6.45) is 2.69. The first-order chi connectivity index (χ1) is 4.21. The minimum atomic E-state index is 0.444. The van der Waals surface area contributed by atoms with Gasteiger partial charge in [-0.2, -0.15) is 0 Å². The van der Waals surface area contributed by atoms with Crippen LogP contribution in [0.5, 0.6) is 0 Å². The molecule has 2 heteroatoms. The van der Waals surface area contributed by atoms with E-state index in [9.17, 15) is 0 Å². The highest BCUT2D eigenvalue weighted by atomic mass is 16.2. The number of hydrogen-bond acceptors (Lipinski definition) is 2. The van der Waals surface area contributed by atoms with Gasteiger partial charge in [0.15, 0.2) is 0 Å². The van der Waals surface area contributed by atoms with Crippen LogP contribution in [0.1, 0.15) is 26.7 Å². The van der Waals surface area contributed by atoms with Gasteiger partial charge in [0.1, 0.15) is 0 Å². The smallest absolute Gasteiger partial charge is 0.0319 e. The molecule has 1 fully saturated rings. The lowest BCUT2D eigenvalue weighted by molar-refractivity contribution is 0.399. The number of aliphatic hydroxyl groups is 1. The van der Waals surface area contributed by atoms with E-state index in [-0.39, 0.29) is 0 Å². The molecule has 0 aromatic carbocycles. The topological polar surface area (TPSA) is 32.3 Å². The van der Waals surface area contributed by atoms with Gasteiger partial charge in [0.25, 0.3) is 0 Å². The van der Waals surface area contributed by atoms with Gasteiger partial charge in [0, 0.05) is 12.6 Å². The van der Waals surface area contributed by atoms with Gasteiger partial charge in [-0.3, -0.25) is 0 Å². The third-order valence-corrected chi connectivity index (χ3v) is 1.58. The molecule has 1 rings (SSSR count). The van der Waals surface area contributed by atoms with Crippen molar-refractivity contribution in [2.75, 3.05) is 13.7 Å². The largest absolute Gasteiger partial charge is 0.400 e. The minimum Gasteiger partial charge on any atom is -0.400 e. The molecule has 1 aliphatic heterocycles. The summed E-state index contributed by atoms with van der Waals surface area (Å²) in [4.78, 5) is 0. The predicted molar refractivity (Wildman–Crippen MR) is 39.5 cm³/mol. The van der Waals surface area contributed by atoms with Crippen LogP contribution in [0.4, 0.5) is 0 Å². The molecule has 0 saturated carbocycles. The van der Waals surface area contributed by atoms with Gasteiger partial charge in [-0.1, -0.05) is 0 Å². The van der Waals surface area contributed by atoms with Crippen LogP contribution in [0.3, 0.4) is 0 Å².